The van der Waals surface area contributed by atoms with Crippen molar-refractivity contribution in [2.45, 2.75) is 341 Å². The maximum Gasteiger partial charge on any atom is 0.268 e. The second-order valence-corrected chi connectivity index (χ2v) is 25.2. The Hall–Kier alpha value is -1.28. The van der Waals surface area contributed by atoms with Gasteiger partial charge in [-0.2, -0.15) is 0 Å². The number of phosphoric ester groups is 1. The molecule has 0 saturated heterocycles. The van der Waals surface area contributed by atoms with Gasteiger partial charge in [0.15, 0.2) is 0 Å². The Labute approximate surface area is 467 Å². The molecule has 0 aromatic rings. The number of rotatable bonds is 61. The monoisotopic (exact) mass is 1080 g/mol. The summed E-state index contributed by atoms with van der Waals surface area (Å²) in [7, 11) is 1.27. The Morgan fingerprint density at radius 2 is 0.773 bits per heavy atom. The van der Waals surface area contributed by atoms with E-state index in [2.05, 4.69) is 43.5 Å². The lowest BCUT2D eigenvalue weighted by molar-refractivity contribution is -0.870. The summed E-state index contributed by atoms with van der Waals surface area (Å²) in [4.78, 5) is 25.5. The standard InChI is InChI=1S/C66H129N2O6P/c1-6-8-10-12-14-16-18-20-22-23-24-25-26-27-28-29-30-31-32-33-34-35-36-37-38-39-40-41-42-43-44-45-46-48-50-52-54-56-58-60-66(70)67-64(63-74-75(71,72)73-62-61-68(3,4)5)65(69)59-57-55-53-51-49-47-21-19-17-15-13-11-9-7-2/h30-31,33-34,57,59,64-65,69H,6-29,32,35-56,58,60-63H2,1-5H3,(H-,67,70,71,72)/b31-30-,34-33-,59-57+. The fourth-order valence-corrected chi connectivity index (χ4v) is 10.7. The van der Waals surface area contributed by atoms with Crippen molar-refractivity contribution >= 4 is 13.7 Å². The van der Waals surface area contributed by atoms with Crippen molar-refractivity contribution in [2.75, 3.05) is 40.9 Å². The average molecular weight is 1080 g/mol. The highest BCUT2D eigenvalue weighted by atomic mass is 31.2. The molecule has 0 spiro atoms. The highest BCUT2D eigenvalue weighted by Crippen LogP contribution is 2.38. The lowest BCUT2D eigenvalue weighted by atomic mass is 10.0. The van der Waals surface area contributed by atoms with Gasteiger partial charge in [0, 0.05) is 6.42 Å². The van der Waals surface area contributed by atoms with Crippen LogP contribution < -0.4 is 10.2 Å². The molecule has 0 heterocycles. The zero-order valence-corrected chi connectivity index (χ0v) is 51.7. The SMILES string of the molecule is CCCCCCCCCCCCCC/C=C/C(O)C(COP(=O)([O-])OCC[N+](C)(C)C)NC(=O)CCCCCCCCCCCCCCCCCCC/C=C\C/C=C\CCCCCCCCCCCCCCCCC. The molecule has 0 radical (unpaired) electrons. The number of quaternary nitrogens is 1. The number of aliphatic hydroxyl groups excluding tert-OH is 1. The largest absolute Gasteiger partial charge is 0.756 e. The van der Waals surface area contributed by atoms with Gasteiger partial charge in [0.1, 0.15) is 13.2 Å². The minimum Gasteiger partial charge on any atom is -0.756 e. The first-order valence-electron chi connectivity index (χ1n) is 32.9. The fourth-order valence-electron chi connectivity index (χ4n) is 9.95. The van der Waals surface area contributed by atoms with Crippen molar-refractivity contribution in [1.29, 1.82) is 0 Å². The lowest BCUT2D eigenvalue weighted by Crippen LogP contribution is -2.45. The predicted molar refractivity (Wildman–Crippen MR) is 325 cm³/mol. The van der Waals surface area contributed by atoms with Crippen LogP contribution in [0.25, 0.3) is 0 Å². The van der Waals surface area contributed by atoms with Crippen molar-refractivity contribution < 1.29 is 32.9 Å². The zero-order chi connectivity index (χ0) is 54.9. The van der Waals surface area contributed by atoms with Crippen LogP contribution in [-0.4, -0.2) is 68.5 Å². The van der Waals surface area contributed by atoms with Crippen LogP contribution in [0.3, 0.4) is 0 Å². The average Bonchev–Trinajstić information content (AvgIpc) is 3.37. The molecule has 3 unspecified atom stereocenters. The Bertz CT molecular complexity index is 1320. The van der Waals surface area contributed by atoms with E-state index in [9.17, 15) is 19.4 Å². The number of likely N-dealkylation sites (N-methyl/N-ethyl adjacent to an activating group) is 1. The summed E-state index contributed by atoms with van der Waals surface area (Å²) < 4.78 is 23.3. The number of hydrogen-bond acceptors (Lipinski definition) is 6. The van der Waals surface area contributed by atoms with Gasteiger partial charge < -0.3 is 28.8 Å². The van der Waals surface area contributed by atoms with E-state index >= 15 is 0 Å². The number of phosphoric acid groups is 1. The molecule has 8 nitrogen and oxygen atoms in total. The highest BCUT2D eigenvalue weighted by molar-refractivity contribution is 7.45. The summed E-state index contributed by atoms with van der Waals surface area (Å²) in [6, 6.07) is -0.885. The molecular formula is C66H129N2O6P. The Kier molecular flexibility index (Phi) is 56.4. The van der Waals surface area contributed by atoms with E-state index in [0.717, 1.165) is 44.9 Å². The zero-order valence-electron chi connectivity index (χ0n) is 50.8. The van der Waals surface area contributed by atoms with Gasteiger partial charge in [0.25, 0.3) is 7.82 Å². The van der Waals surface area contributed by atoms with Crippen LogP contribution >= 0.6 is 7.82 Å². The van der Waals surface area contributed by atoms with Gasteiger partial charge in [0.05, 0.1) is 39.9 Å². The first kappa shape index (κ1) is 73.7. The molecule has 0 aromatic carbocycles. The maximum absolute atomic E-state index is 13.0. The molecular weight excluding hydrogens is 948 g/mol. The van der Waals surface area contributed by atoms with Gasteiger partial charge in [-0.05, 0) is 51.4 Å². The molecule has 0 aliphatic rings. The van der Waals surface area contributed by atoms with Crippen LogP contribution in [-0.2, 0) is 18.4 Å². The van der Waals surface area contributed by atoms with E-state index in [0.29, 0.717) is 17.4 Å². The van der Waals surface area contributed by atoms with Crippen LogP contribution in [0.15, 0.2) is 36.5 Å². The fraction of sp³-hybridized carbons (Fsp3) is 0.894. The molecule has 2 N–H and O–H groups in total. The Morgan fingerprint density at radius 3 is 1.11 bits per heavy atom. The molecule has 444 valence electrons. The van der Waals surface area contributed by atoms with Crippen molar-refractivity contribution in [2.24, 2.45) is 0 Å². The van der Waals surface area contributed by atoms with E-state index in [4.69, 9.17) is 9.05 Å². The summed E-state index contributed by atoms with van der Waals surface area (Å²) in [6.45, 7) is 4.68. The molecule has 1 amide bonds. The molecule has 3 atom stereocenters. The number of hydrogen-bond donors (Lipinski definition) is 2. The molecule has 0 fully saturated rings. The van der Waals surface area contributed by atoms with Gasteiger partial charge in [-0.15, -0.1) is 0 Å². The molecule has 9 heteroatoms. The van der Waals surface area contributed by atoms with Gasteiger partial charge in [-0.3, -0.25) is 9.36 Å². The van der Waals surface area contributed by atoms with Gasteiger partial charge in [-0.25, -0.2) is 0 Å². The minimum absolute atomic E-state index is 0.000336. The van der Waals surface area contributed by atoms with Crippen LogP contribution in [0.1, 0.15) is 328 Å². The summed E-state index contributed by atoms with van der Waals surface area (Å²) in [5, 5.41) is 13.9. The first-order chi connectivity index (χ1) is 36.5. The number of carbonyl (C=O) groups is 1. The summed E-state index contributed by atoms with van der Waals surface area (Å²) in [5.41, 5.74) is 0. The molecule has 0 saturated carbocycles. The molecule has 0 aromatic heterocycles. The van der Waals surface area contributed by atoms with E-state index in [1.165, 1.54) is 263 Å². The third-order valence-corrected chi connectivity index (χ3v) is 16.1. The van der Waals surface area contributed by atoms with Crippen LogP contribution in [0.4, 0.5) is 0 Å². The molecule has 75 heavy (non-hydrogen) atoms. The maximum atomic E-state index is 13.0. The first-order valence-corrected chi connectivity index (χ1v) is 34.3. The van der Waals surface area contributed by atoms with Gasteiger partial charge >= 0.3 is 0 Å². The van der Waals surface area contributed by atoms with Crippen molar-refractivity contribution in [3.63, 3.8) is 0 Å². The van der Waals surface area contributed by atoms with E-state index in [-0.39, 0.29) is 19.1 Å². The quantitative estimate of drug-likeness (QED) is 0.0272. The number of unbranched alkanes of at least 4 members (excludes halogenated alkanes) is 44. The number of aliphatic hydroxyl groups is 1. The summed E-state index contributed by atoms with van der Waals surface area (Å²) >= 11 is 0. The number of allylic oxidation sites excluding steroid dienone is 5. The molecule has 0 aliphatic heterocycles. The third kappa shape index (κ3) is 60.2. The number of nitrogens with one attached hydrogen (secondary N) is 1. The summed E-state index contributed by atoms with van der Waals surface area (Å²) in [5.74, 6) is -0.193. The minimum atomic E-state index is -4.59. The second-order valence-electron chi connectivity index (χ2n) is 23.8. The van der Waals surface area contributed by atoms with Gasteiger partial charge in [0.2, 0.25) is 5.91 Å². The topological polar surface area (TPSA) is 108 Å². The highest BCUT2D eigenvalue weighted by Gasteiger charge is 2.23. The summed E-state index contributed by atoms with van der Waals surface area (Å²) in [6.07, 6.45) is 75.5. The smallest absolute Gasteiger partial charge is 0.268 e. The van der Waals surface area contributed by atoms with Gasteiger partial charge in [-0.1, -0.05) is 307 Å². The Balaban J connectivity index is 3.90. The van der Waals surface area contributed by atoms with Crippen molar-refractivity contribution in [3.05, 3.63) is 36.5 Å². The molecule has 0 aliphatic carbocycles. The van der Waals surface area contributed by atoms with Crippen molar-refractivity contribution in [1.82, 2.24) is 5.32 Å². The number of amides is 1. The van der Waals surface area contributed by atoms with Crippen LogP contribution in [0.2, 0.25) is 0 Å². The van der Waals surface area contributed by atoms with Crippen LogP contribution in [0, 0.1) is 0 Å². The molecule has 0 bridgehead atoms. The number of carbonyl (C=O) groups excluding carboxylic acids is 1. The third-order valence-electron chi connectivity index (χ3n) is 15.1. The van der Waals surface area contributed by atoms with Crippen LogP contribution in [0.5, 0.6) is 0 Å². The number of nitrogens with zero attached hydrogens (tertiary/aromatic N) is 1. The lowest BCUT2D eigenvalue weighted by Gasteiger charge is -2.29. The molecule has 0 rings (SSSR count). The van der Waals surface area contributed by atoms with E-state index < -0.39 is 20.0 Å². The van der Waals surface area contributed by atoms with E-state index in [1.54, 1.807) is 6.08 Å². The second kappa shape index (κ2) is 57.4. The normalized spacial score (nSPS) is 14.0. The van der Waals surface area contributed by atoms with E-state index in [1.807, 2.05) is 27.2 Å². The van der Waals surface area contributed by atoms with Crippen molar-refractivity contribution in [3.8, 4) is 0 Å². The Morgan fingerprint density at radius 1 is 0.467 bits per heavy atom. The predicted octanol–water partition coefficient (Wildman–Crippen LogP) is 19.9.